The van der Waals surface area contributed by atoms with Gasteiger partial charge in [0.15, 0.2) is 11.5 Å². The number of carboxylic acid groups (broad SMARTS) is 1. The van der Waals surface area contributed by atoms with Crippen LogP contribution in [0.25, 0.3) is 6.08 Å². The average molecular weight is 430 g/mol. The molecule has 0 radical (unpaired) electrons. The molecule has 1 aliphatic heterocycles. The summed E-state index contributed by atoms with van der Waals surface area (Å²) in [6.07, 6.45) is 1.66. The number of ether oxygens (including phenoxy) is 2. The number of rotatable bonds is 7. The second kappa shape index (κ2) is 9.11. The zero-order chi connectivity index (χ0) is 21.0. The Morgan fingerprint density at radius 2 is 1.97 bits per heavy atom. The van der Waals surface area contributed by atoms with E-state index in [9.17, 15) is 14.7 Å². The molecule has 2 aromatic carbocycles. The summed E-state index contributed by atoms with van der Waals surface area (Å²) in [7, 11) is 1.54. The number of hydrogen-bond acceptors (Lipinski definition) is 6. The SMILES string of the molecule is COc1cc(/C=C2\SC(=S)N([C@@H](C)C(=O)O)C2=O)ccc1OCc1ccccc1. The van der Waals surface area contributed by atoms with Crippen molar-refractivity contribution in [1.82, 2.24) is 4.90 Å². The van der Waals surface area contributed by atoms with Gasteiger partial charge < -0.3 is 14.6 Å². The summed E-state index contributed by atoms with van der Waals surface area (Å²) in [6.45, 7) is 1.83. The molecule has 2 aromatic rings. The number of carboxylic acids is 1. The van der Waals surface area contributed by atoms with Gasteiger partial charge in [0.25, 0.3) is 5.91 Å². The molecular weight excluding hydrogens is 410 g/mol. The lowest BCUT2D eigenvalue weighted by atomic mass is 10.1. The van der Waals surface area contributed by atoms with Gasteiger partial charge in [-0.15, -0.1) is 0 Å². The quantitative estimate of drug-likeness (QED) is 0.528. The fourth-order valence-electron chi connectivity index (χ4n) is 2.70. The van der Waals surface area contributed by atoms with Gasteiger partial charge in [-0.1, -0.05) is 60.4 Å². The third kappa shape index (κ3) is 4.78. The first-order chi connectivity index (χ1) is 13.9. The Kier molecular flexibility index (Phi) is 6.56. The molecule has 1 heterocycles. The number of hydrogen-bond donors (Lipinski definition) is 1. The van der Waals surface area contributed by atoms with Crippen LogP contribution in [0.2, 0.25) is 0 Å². The number of aliphatic carboxylic acids is 1. The van der Waals surface area contributed by atoms with Gasteiger partial charge in [-0.3, -0.25) is 9.69 Å². The Bertz CT molecular complexity index is 974. The van der Waals surface area contributed by atoms with E-state index in [1.54, 1.807) is 31.4 Å². The van der Waals surface area contributed by atoms with Crippen LogP contribution >= 0.6 is 24.0 Å². The summed E-state index contributed by atoms with van der Waals surface area (Å²) in [6, 6.07) is 14.1. The molecule has 1 atom stereocenters. The van der Waals surface area contributed by atoms with Gasteiger partial charge in [0.1, 0.15) is 17.0 Å². The van der Waals surface area contributed by atoms with Crippen LogP contribution < -0.4 is 9.47 Å². The minimum atomic E-state index is -1.11. The summed E-state index contributed by atoms with van der Waals surface area (Å²) in [5, 5.41) is 9.17. The van der Waals surface area contributed by atoms with E-state index in [1.165, 1.54) is 6.92 Å². The van der Waals surface area contributed by atoms with Crippen LogP contribution in [0.3, 0.4) is 0 Å². The van der Waals surface area contributed by atoms with Gasteiger partial charge in [0.05, 0.1) is 12.0 Å². The number of carbonyl (C=O) groups is 2. The predicted octanol–water partition coefficient (Wildman–Crippen LogP) is 3.95. The number of nitrogens with zero attached hydrogens (tertiary/aromatic N) is 1. The van der Waals surface area contributed by atoms with Crippen LogP contribution in [0, 0.1) is 0 Å². The minimum absolute atomic E-state index is 0.228. The van der Waals surface area contributed by atoms with E-state index in [0.717, 1.165) is 27.8 Å². The summed E-state index contributed by atoms with van der Waals surface area (Å²) in [4.78, 5) is 25.3. The lowest BCUT2D eigenvalue weighted by Crippen LogP contribution is -2.41. The smallest absolute Gasteiger partial charge is 0.326 e. The van der Waals surface area contributed by atoms with Crippen molar-refractivity contribution in [3.05, 3.63) is 64.6 Å². The second-order valence-corrected chi connectivity index (χ2v) is 7.93. The highest BCUT2D eigenvalue weighted by Crippen LogP contribution is 2.36. The van der Waals surface area contributed by atoms with Crippen molar-refractivity contribution in [3.8, 4) is 11.5 Å². The van der Waals surface area contributed by atoms with Gasteiger partial charge in [0.2, 0.25) is 0 Å². The van der Waals surface area contributed by atoms with E-state index >= 15 is 0 Å². The summed E-state index contributed by atoms with van der Waals surface area (Å²) < 4.78 is 11.5. The highest BCUT2D eigenvalue weighted by molar-refractivity contribution is 8.26. The van der Waals surface area contributed by atoms with Gasteiger partial charge in [-0.25, -0.2) is 4.79 Å². The number of thiocarbonyl (C=S) groups is 1. The average Bonchev–Trinajstić information content (AvgIpc) is 2.99. The number of thioether (sulfide) groups is 1. The fourth-order valence-corrected chi connectivity index (χ4v) is 4.12. The maximum absolute atomic E-state index is 12.6. The van der Waals surface area contributed by atoms with Crippen molar-refractivity contribution in [2.45, 2.75) is 19.6 Å². The molecule has 1 amide bonds. The molecule has 29 heavy (non-hydrogen) atoms. The summed E-state index contributed by atoms with van der Waals surface area (Å²) >= 11 is 6.26. The van der Waals surface area contributed by atoms with Crippen molar-refractivity contribution in [2.24, 2.45) is 0 Å². The Hall–Kier alpha value is -2.84. The van der Waals surface area contributed by atoms with Crippen LogP contribution in [0.1, 0.15) is 18.1 Å². The summed E-state index contributed by atoms with van der Waals surface area (Å²) in [5.74, 6) is -0.410. The second-order valence-electron chi connectivity index (χ2n) is 6.25. The van der Waals surface area contributed by atoms with E-state index in [-0.39, 0.29) is 4.32 Å². The summed E-state index contributed by atoms with van der Waals surface area (Å²) in [5.41, 5.74) is 1.76. The van der Waals surface area contributed by atoms with Gasteiger partial charge >= 0.3 is 5.97 Å². The molecule has 1 fully saturated rings. The largest absolute Gasteiger partial charge is 0.493 e. The zero-order valence-corrected chi connectivity index (χ0v) is 17.5. The Labute approximate surface area is 178 Å². The molecule has 0 spiro atoms. The van der Waals surface area contributed by atoms with Crippen LogP contribution in [-0.4, -0.2) is 39.4 Å². The minimum Gasteiger partial charge on any atom is -0.493 e. The van der Waals surface area contributed by atoms with E-state index in [4.69, 9.17) is 21.7 Å². The third-order valence-corrected chi connectivity index (χ3v) is 5.62. The number of carbonyl (C=O) groups excluding carboxylic acids is 1. The van der Waals surface area contributed by atoms with Crippen molar-refractivity contribution >= 4 is 46.3 Å². The molecular formula is C21H19NO5S2. The zero-order valence-electron chi connectivity index (χ0n) is 15.8. The van der Waals surface area contributed by atoms with Gasteiger partial charge in [-0.2, -0.15) is 0 Å². The topological polar surface area (TPSA) is 76.1 Å². The predicted molar refractivity (Wildman–Crippen MR) is 116 cm³/mol. The first-order valence-electron chi connectivity index (χ1n) is 8.75. The third-order valence-electron chi connectivity index (χ3n) is 4.29. The molecule has 0 aromatic heterocycles. The highest BCUT2D eigenvalue weighted by Gasteiger charge is 2.38. The van der Waals surface area contributed by atoms with Crippen molar-refractivity contribution in [2.75, 3.05) is 7.11 Å². The number of benzene rings is 2. The highest BCUT2D eigenvalue weighted by atomic mass is 32.2. The van der Waals surface area contributed by atoms with E-state index in [0.29, 0.717) is 23.0 Å². The molecule has 3 rings (SSSR count). The molecule has 8 heteroatoms. The molecule has 1 N–H and O–H groups in total. The van der Waals surface area contributed by atoms with Gasteiger partial charge in [-0.05, 0) is 36.3 Å². The standard InChI is InChI=1S/C21H19NO5S2/c1-13(20(24)25)22-19(23)18(29-21(22)28)11-15-8-9-16(17(10-15)26-2)27-12-14-6-4-3-5-7-14/h3-11,13H,12H2,1-2H3,(H,24,25)/b18-11-/t13-/m0/s1. The van der Waals surface area contributed by atoms with Crippen LogP contribution in [0.15, 0.2) is 53.4 Å². The normalized spacial score (nSPS) is 16.2. The molecule has 0 saturated carbocycles. The van der Waals surface area contributed by atoms with Crippen LogP contribution in [0.4, 0.5) is 0 Å². The number of methoxy groups -OCH3 is 1. The van der Waals surface area contributed by atoms with E-state index in [1.807, 2.05) is 30.3 Å². The first kappa shape index (κ1) is 20.9. The van der Waals surface area contributed by atoms with Crippen LogP contribution in [0.5, 0.6) is 11.5 Å². The maximum Gasteiger partial charge on any atom is 0.326 e. The monoisotopic (exact) mass is 429 g/mol. The molecule has 0 unspecified atom stereocenters. The molecule has 6 nitrogen and oxygen atoms in total. The van der Waals surface area contributed by atoms with Gasteiger partial charge in [0, 0.05) is 0 Å². The Morgan fingerprint density at radius 3 is 2.62 bits per heavy atom. The maximum atomic E-state index is 12.6. The van der Waals surface area contributed by atoms with Crippen LogP contribution in [-0.2, 0) is 16.2 Å². The van der Waals surface area contributed by atoms with Crippen molar-refractivity contribution in [3.63, 3.8) is 0 Å². The van der Waals surface area contributed by atoms with E-state index in [2.05, 4.69) is 0 Å². The molecule has 1 aliphatic rings. The molecule has 0 aliphatic carbocycles. The Balaban J connectivity index is 1.78. The number of amides is 1. The molecule has 0 bridgehead atoms. The fraction of sp³-hybridized carbons (Fsp3) is 0.190. The lowest BCUT2D eigenvalue weighted by Gasteiger charge is -2.18. The Morgan fingerprint density at radius 1 is 1.24 bits per heavy atom. The van der Waals surface area contributed by atoms with Crippen molar-refractivity contribution < 1.29 is 24.2 Å². The van der Waals surface area contributed by atoms with E-state index < -0.39 is 17.9 Å². The molecule has 150 valence electrons. The lowest BCUT2D eigenvalue weighted by molar-refractivity contribution is -0.144. The first-order valence-corrected chi connectivity index (χ1v) is 9.98. The molecule has 1 saturated heterocycles. The van der Waals surface area contributed by atoms with Crippen molar-refractivity contribution in [1.29, 1.82) is 0 Å².